The van der Waals surface area contributed by atoms with Crippen LogP contribution in [0.25, 0.3) is 0 Å². The van der Waals surface area contributed by atoms with E-state index in [9.17, 15) is 9.59 Å². The molecule has 18 heavy (non-hydrogen) atoms. The van der Waals surface area contributed by atoms with Gasteiger partial charge < -0.3 is 5.11 Å². The molecule has 0 fully saturated rings. The zero-order valence-corrected chi connectivity index (χ0v) is 11.7. The largest absolute Gasteiger partial charge is 0.481 e. The Bertz CT molecular complexity index is 224. The van der Waals surface area contributed by atoms with Gasteiger partial charge >= 0.3 is 5.97 Å². The summed E-state index contributed by atoms with van der Waals surface area (Å²) in [4.78, 5) is 21.8. The number of carboxylic acid groups (broad SMARTS) is 1. The lowest BCUT2D eigenvalue weighted by Crippen LogP contribution is -1.99. The summed E-state index contributed by atoms with van der Waals surface area (Å²) >= 11 is 0. The van der Waals surface area contributed by atoms with E-state index in [0.29, 0.717) is 25.0 Å². The maximum atomic E-state index is 11.5. The molecule has 0 radical (unpaired) electrons. The van der Waals surface area contributed by atoms with Gasteiger partial charge in [-0.05, 0) is 19.3 Å². The van der Waals surface area contributed by atoms with Gasteiger partial charge in [0.2, 0.25) is 0 Å². The Kier molecular flexibility index (Phi) is 12.0. The molecule has 0 spiro atoms. The first kappa shape index (κ1) is 17.1. The number of Topliss-reactive ketones (excluding diaryl/α,β-unsaturated/α-hetero) is 1. The number of carbonyl (C=O) groups is 2. The van der Waals surface area contributed by atoms with E-state index in [4.69, 9.17) is 5.11 Å². The van der Waals surface area contributed by atoms with Crippen molar-refractivity contribution in [3.8, 4) is 0 Å². The molecule has 0 amide bonds. The van der Waals surface area contributed by atoms with Gasteiger partial charge in [-0.3, -0.25) is 9.59 Å². The van der Waals surface area contributed by atoms with E-state index in [2.05, 4.69) is 6.92 Å². The third kappa shape index (κ3) is 13.2. The standard InChI is InChI=1S/C15H28O3/c1-2-3-4-5-6-7-8-11-14(16)12-9-10-13-15(17)18/h2-13H2,1H3,(H,17,18). The summed E-state index contributed by atoms with van der Waals surface area (Å²) in [5, 5.41) is 8.46. The number of carboxylic acids is 1. The highest BCUT2D eigenvalue weighted by molar-refractivity contribution is 5.78. The second kappa shape index (κ2) is 12.6. The highest BCUT2D eigenvalue weighted by Gasteiger charge is 2.03. The molecule has 0 aliphatic heterocycles. The second-order valence-electron chi connectivity index (χ2n) is 5.01. The molecule has 0 aliphatic carbocycles. The minimum Gasteiger partial charge on any atom is -0.481 e. The van der Waals surface area contributed by atoms with Crippen molar-refractivity contribution in [1.29, 1.82) is 0 Å². The van der Waals surface area contributed by atoms with Crippen LogP contribution in [0, 0.1) is 0 Å². The van der Waals surface area contributed by atoms with Crippen molar-refractivity contribution < 1.29 is 14.7 Å². The molecular formula is C15H28O3. The quantitative estimate of drug-likeness (QED) is 0.499. The monoisotopic (exact) mass is 256 g/mol. The minimum absolute atomic E-state index is 0.185. The molecule has 0 aromatic rings. The summed E-state index contributed by atoms with van der Waals surface area (Å²) in [6.07, 6.45) is 11.4. The number of carbonyl (C=O) groups excluding carboxylic acids is 1. The number of unbranched alkanes of at least 4 members (excludes halogenated alkanes) is 7. The van der Waals surface area contributed by atoms with E-state index in [1.165, 1.54) is 32.1 Å². The molecule has 0 bridgehead atoms. The summed E-state index contributed by atoms with van der Waals surface area (Å²) < 4.78 is 0. The van der Waals surface area contributed by atoms with Gasteiger partial charge in [0.25, 0.3) is 0 Å². The fourth-order valence-corrected chi connectivity index (χ4v) is 2.00. The van der Waals surface area contributed by atoms with E-state index in [-0.39, 0.29) is 6.42 Å². The smallest absolute Gasteiger partial charge is 0.303 e. The lowest BCUT2D eigenvalue weighted by atomic mass is 10.0. The number of ketones is 1. The first-order valence-electron chi connectivity index (χ1n) is 7.40. The van der Waals surface area contributed by atoms with Crippen LogP contribution in [0.4, 0.5) is 0 Å². The van der Waals surface area contributed by atoms with Gasteiger partial charge in [0, 0.05) is 19.3 Å². The van der Waals surface area contributed by atoms with Gasteiger partial charge in [0.15, 0.2) is 0 Å². The van der Waals surface area contributed by atoms with E-state index in [1.807, 2.05) is 0 Å². The molecule has 0 rings (SSSR count). The second-order valence-corrected chi connectivity index (χ2v) is 5.01. The lowest BCUT2D eigenvalue weighted by Gasteiger charge is -2.01. The molecule has 0 saturated carbocycles. The Balaban J connectivity index is 3.19. The normalized spacial score (nSPS) is 10.5. The Labute approximate surface area is 111 Å². The van der Waals surface area contributed by atoms with Crippen molar-refractivity contribution in [2.45, 2.75) is 84.0 Å². The third-order valence-corrected chi connectivity index (χ3v) is 3.16. The predicted molar refractivity (Wildman–Crippen MR) is 73.7 cm³/mol. The average Bonchev–Trinajstić information content (AvgIpc) is 2.33. The summed E-state index contributed by atoms with van der Waals surface area (Å²) in [5.41, 5.74) is 0. The Morgan fingerprint density at radius 2 is 1.17 bits per heavy atom. The highest BCUT2D eigenvalue weighted by atomic mass is 16.4. The summed E-state index contributed by atoms with van der Waals surface area (Å²) in [7, 11) is 0. The van der Waals surface area contributed by atoms with Crippen LogP contribution in [0.5, 0.6) is 0 Å². The van der Waals surface area contributed by atoms with Crippen LogP contribution in [-0.4, -0.2) is 16.9 Å². The fraction of sp³-hybridized carbons (Fsp3) is 0.867. The van der Waals surface area contributed by atoms with Crippen LogP contribution in [0.2, 0.25) is 0 Å². The van der Waals surface area contributed by atoms with E-state index in [1.54, 1.807) is 0 Å². The van der Waals surface area contributed by atoms with Crippen molar-refractivity contribution >= 4 is 11.8 Å². The van der Waals surface area contributed by atoms with Gasteiger partial charge in [-0.1, -0.05) is 45.4 Å². The molecule has 3 heteroatoms. The number of rotatable bonds is 13. The predicted octanol–water partition coefficient (Wildman–Crippen LogP) is 4.34. The molecule has 0 atom stereocenters. The van der Waals surface area contributed by atoms with Crippen LogP contribution in [-0.2, 0) is 9.59 Å². The van der Waals surface area contributed by atoms with Crippen molar-refractivity contribution in [2.24, 2.45) is 0 Å². The lowest BCUT2D eigenvalue weighted by molar-refractivity contribution is -0.137. The number of aliphatic carboxylic acids is 1. The molecule has 0 aromatic heterocycles. The van der Waals surface area contributed by atoms with E-state index < -0.39 is 5.97 Å². The van der Waals surface area contributed by atoms with E-state index >= 15 is 0 Å². The molecule has 3 nitrogen and oxygen atoms in total. The van der Waals surface area contributed by atoms with Crippen molar-refractivity contribution in [3.05, 3.63) is 0 Å². The summed E-state index contributed by atoms with van der Waals surface area (Å²) in [6.45, 7) is 2.21. The minimum atomic E-state index is -0.769. The summed E-state index contributed by atoms with van der Waals surface area (Å²) in [6, 6.07) is 0. The topological polar surface area (TPSA) is 54.4 Å². The Hall–Kier alpha value is -0.860. The van der Waals surface area contributed by atoms with E-state index in [0.717, 1.165) is 19.3 Å². The van der Waals surface area contributed by atoms with Crippen molar-refractivity contribution in [2.75, 3.05) is 0 Å². The van der Waals surface area contributed by atoms with Gasteiger partial charge in [0.1, 0.15) is 5.78 Å². The Morgan fingerprint density at radius 3 is 1.72 bits per heavy atom. The SMILES string of the molecule is CCCCCCCCCC(=O)CCCCC(=O)O. The van der Waals surface area contributed by atoms with Crippen LogP contribution in [0.15, 0.2) is 0 Å². The molecule has 0 aliphatic rings. The average molecular weight is 256 g/mol. The third-order valence-electron chi connectivity index (χ3n) is 3.16. The van der Waals surface area contributed by atoms with Gasteiger partial charge in [-0.15, -0.1) is 0 Å². The highest BCUT2D eigenvalue weighted by Crippen LogP contribution is 2.10. The van der Waals surface area contributed by atoms with Gasteiger partial charge in [-0.25, -0.2) is 0 Å². The van der Waals surface area contributed by atoms with Crippen LogP contribution in [0.3, 0.4) is 0 Å². The summed E-state index contributed by atoms with van der Waals surface area (Å²) in [5.74, 6) is -0.469. The first-order valence-corrected chi connectivity index (χ1v) is 7.40. The zero-order chi connectivity index (χ0) is 13.6. The molecule has 0 unspecified atom stereocenters. The Morgan fingerprint density at radius 1 is 0.722 bits per heavy atom. The first-order chi connectivity index (χ1) is 8.66. The molecule has 106 valence electrons. The zero-order valence-electron chi connectivity index (χ0n) is 11.7. The van der Waals surface area contributed by atoms with Gasteiger partial charge in [0.05, 0.1) is 0 Å². The van der Waals surface area contributed by atoms with Crippen LogP contribution in [0.1, 0.15) is 84.0 Å². The molecule has 0 aromatic carbocycles. The van der Waals surface area contributed by atoms with Crippen LogP contribution < -0.4 is 0 Å². The molecule has 0 heterocycles. The number of hydrogen-bond donors (Lipinski definition) is 1. The van der Waals surface area contributed by atoms with Gasteiger partial charge in [-0.2, -0.15) is 0 Å². The number of hydrogen-bond acceptors (Lipinski definition) is 2. The fourth-order valence-electron chi connectivity index (χ4n) is 2.00. The molecule has 0 saturated heterocycles. The maximum absolute atomic E-state index is 11.5. The molecule has 1 N–H and O–H groups in total. The molecular weight excluding hydrogens is 228 g/mol. The van der Waals surface area contributed by atoms with Crippen LogP contribution >= 0.6 is 0 Å². The van der Waals surface area contributed by atoms with Crippen molar-refractivity contribution in [1.82, 2.24) is 0 Å². The maximum Gasteiger partial charge on any atom is 0.303 e. The van der Waals surface area contributed by atoms with Crippen molar-refractivity contribution in [3.63, 3.8) is 0 Å².